The van der Waals surface area contributed by atoms with E-state index in [1.54, 1.807) is 0 Å². The number of esters is 1. The van der Waals surface area contributed by atoms with Crippen LogP contribution in [0.25, 0.3) is 0 Å². The van der Waals surface area contributed by atoms with Crippen molar-refractivity contribution in [3.63, 3.8) is 0 Å². The van der Waals surface area contributed by atoms with Gasteiger partial charge in [-0.25, -0.2) is 4.79 Å². The van der Waals surface area contributed by atoms with Crippen molar-refractivity contribution in [3.05, 3.63) is 41.1 Å². The van der Waals surface area contributed by atoms with Gasteiger partial charge in [0.1, 0.15) is 6.04 Å². The molecule has 0 bridgehead atoms. The van der Waals surface area contributed by atoms with Crippen LogP contribution in [0.15, 0.2) is 35.5 Å². The number of benzene rings is 1. The van der Waals surface area contributed by atoms with Gasteiger partial charge in [0, 0.05) is 23.2 Å². The summed E-state index contributed by atoms with van der Waals surface area (Å²) in [6, 6.07) is 9.26. The summed E-state index contributed by atoms with van der Waals surface area (Å²) in [5.41, 5.74) is 4.79. The number of rotatable bonds is 2. The third-order valence-corrected chi connectivity index (χ3v) is 8.11. The number of carbonyl (C=O) groups excluding carboxylic acids is 1. The molecule has 4 nitrogen and oxygen atoms in total. The van der Waals surface area contributed by atoms with Gasteiger partial charge in [0.15, 0.2) is 0 Å². The molecule has 26 heavy (non-hydrogen) atoms. The van der Waals surface area contributed by atoms with Gasteiger partial charge in [-0.05, 0) is 37.3 Å². The minimum atomic E-state index is -0.141. The fourth-order valence-corrected chi connectivity index (χ4v) is 7.25. The number of ether oxygens (including phenoxy) is 1. The quantitative estimate of drug-likeness (QED) is 0.652. The van der Waals surface area contributed by atoms with E-state index in [-0.39, 0.29) is 16.8 Å². The van der Waals surface area contributed by atoms with Gasteiger partial charge >= 0.3 is 5.97 Å². The molecule has 0 unspecified atom stereocenters. The van der Waals surface area contributed by atoms with Crippen LogP contribution in [0.5, 0.6) is 0 Å². The van der Waals surface area contributed by atoms with Crippen LogP contribution in [0, 0.1) is 5.41 Å². The lowest BCUT2D eigenvalue weighted by atomic mass is 9.53. The van der Waals surface area contributed by atoms with Crippen LogP contribution in [0.1, 0.15) is 44.6 Å². The van der Waals surface area contributed by atoms with Crippen molar-refractivity contribution in [1.82, 2.24) is 0 Å². The highest BCUT2D eigenvalue weighted by atomic mass is 16.5. The third kappa shape index (κ3) is 1.72. The molecule has 1 aliphatic carbocycles. The molecule has 0 radical (unpaired) electrons. The fraction of sp³-hybridized carbons (Fsp3) is 0.591. The van der Waals surface area contributed by atoms with E-state index in [9.17, 15) is 4.79 Å². The largest absolute Gasteiger partial charge is 0.466 e. The molecule has 1 N–H and O–H groups in total. The zero-order valence-corrected chi connectivity index (χ0v) is 16.1. The maximum absolute atomic E-state index is 12.8. The fourth-order valence-electron chi connectivity index (χ4n) is 7.25. The van der Waals surface area contributed by atoms with Gasteiger partial charge in [0.2, 0.25) is 0 Å². The molecule has 0 amide bonds. The Morgan fingerprint density at radius 3 is 2.88 bits per heavy atom. The second kappa shape index (κ2) is 5.13. The van der Waals surface area contributed by atoms with Crippen molar-refractivity contribution in [3.8, 4) is 0 Å². The minimum absolute atomic E-state index is 0.0520. The van der Waals surface area contributed by atoms with Crippen molar-refractivity contribution in [2.75, 3.05) is 32.6 Å². The molecule has 3 heterocycles. The van der Waals surface area contributed by atoms with Crippen molar-refractivity contribution >= 4 is 11.7 Å². The Morgan fingerprint density at radius 2 is 2.12 bits per heavy atom. The second-order valence-electron chi connectivity index (χ2n) is 9.06. The normalized spacial score (nSPS) is 39.7. The molecular weight excluding hydrogens is 324 g/mol. The summed E-state index contributed by atoms with van der Waals surface area (Å²) in [6.45, 7) is 4.79. The Labute approximate surface area is 155 Å². The number of nitrogens with one attached hydrogen (secondary N) is 1. The first-order chi connectivity index (χ1) is 12.5. The van der Waals surface area contributed by atoms with Gasteiger partial charge in [0.05, 0.1) is 38.2 Å². The van der Waals surface area contributed by atoms with E-state index in [0.717, 1.165) is 35.0 Å². The standard InChI is InChI=1S/C22H28N2O2/c1-4-21-10-7-12-24(2)13-11-22(20(21)24)16-8-5-6-9-17(16)23-18(22)15(14-21)19(25)26-3/h5-6,8-9,20H,4,7,10-14H2,1-3H3/p+1/t20-,21-,22-,24-/m0/s1. The summed E-state index contributed by atoms with van der Waals surface area (Å²) in [7, 11) is 3.98. The van der Waals surface area contributed by atoms with E-state index in [2.05, 4.69) is 43.6 Å². The average molecular weight is 353 g/mol. The first kappa shape index (κ1) is 16.4. The topological polar surface area (TPSA) is 38.3 Å². The summed E-state index contributed by atoms with van der Waals surface area (Å²) in [4.78, 5) is 12.8. The van der Waals surface area contributed by atoms with Gasteiger partial charge in [0.25, 0.3) is 0 Å². The van der Waals surface area contributed by atoms with Crippen molar-refractivity contribution < 1.29 is 14.0 Å². The van der Waals surface area contributed by atoms with Crippen molar-refractivity contribution in [2.24, 2.45) is 5.41 Å². The van der Waals surface area contributed by atoms with E-state index in [1.807, 2.05) is 0 Å². The molecule has 0 aromatic heterocycles. The first-order valence-electron chi connectivity index (χ1n) is 10.0. The van der Waals surface area contributed by atoms with E-state index >= 15 is 0 Å². The number of quaternary nitrogens is 1. The Morgan fingerprint density at radius 1 is 1.31 bits per heavy atom. The molecule has 138 valence electrons. The van der Waals surface area contributed by atoms with Crippen LogP contribution in [0.2, 0.25) is 0 Å². The van der Waals surface area contributed by atoms with Gasteiger partial charge in [-0.1, -0.05) is 25.1 Å². The number of likely N-dealkylation sites (N-methyl/N-ethyl adjacent to an activating group) is 1. The zero-order valence-electron chi connectivity index (χ0n) is 16.1. The smallest absolute Gasteiger partial charge is 0.335 e. The number of hydrogen-bond donors (Lipinski definition) is 1. The molecule has 3 aliphatic heterocycles. The van der Waals surface area contributed by atoms with E-state index in [1.165, 1.54) is 44.3 Å². The van der Waals surface area contributed by atoms with Crippen molar-refractivity contribution in [1.29, 1.82) is 0 Å². The maximum atomic E-state index is 12.8. The number of carbonyl (C=O) groups is 1. The van der Waals surface area contributed by atoms with Gasteiger partial charge in [-0.15, -0.1) is 0 Å². The predicted octanol–water partition coefficient (Wildman–Crippen LogP) is 3.59. The number of fused-ring (bicyclic) bond motifs is 1. The molecule has 4 heteroatoms. The highest BCUT2D eigenvalue weighted by Gasteiger charge is 2.71. The molecule has 5 rings (SSSR count). The first-order valence-corrected chi connectivity index (χ1v) is 10.0. The summed E-state index contributed by atoms with van der Waals surface area (Å²) >= 11 is 0. The molecule has 4 atom stereocenters. The number of nitrogens with zero attached hydrogens (tertiary/aromatic N) is 1. The highest BCUT2D eigenvalue weighted by molar-refractivity contribution is 5.93. The third-order valence-electron chi connectivity index (χ3n) is 8.11. The molecule has 1 aromatic rings. The summed E-state index contributed by atoms with van der Waals surface area (Å²) in [5, 5.41) is 3.68. The van der Waals surface area contributed by atoms with E-state index in [4.69, 9.17) is 4.74 Å². The van der Waals surface area contributed by atoms with Crippen molar-refractivity contribution in [2.45, 2.75) is 50.5 Å². The number of piperidine rings is 1. The second-order valence-corrected chi connectivity index (χ2v) is 9.06. The molecular formula is C22H29N2O2+. The van der Waals surface area contributed by atoms with Crippen LogP contribution in [-0.4, -0.2) is 43.7 Å². The number of methoxy groups -OCH3 is 1. The number of para-hydroxylation sites is 1. The maximum Gasteiger partial charge on any atom is 0.335 e. The van der Waals surface area contributed by atoms with Crippen LogP contribution in [0.4, 0.5) is 5.69 Å². The monoisotopic (exact) mass is 353 g/mol. The molecule has 4 aliphatic rings. The minimum Gasteiger partial charge on any atom is -0.466 e. The average Bonchev–Trinajstić information content (AvgIpc) is 3.17. The van der Waals surface area contributed by atoms with Crippen LogP contribution < -0.4 is 5.32 Å². The summed E-state index contributed by atoms with van der Waals surface area (Å²) in [5.74, 6) is -0.141. The molecule has 0 saturated carbocycles. The lowest BCUT2D eigenvalue weighted by Gasteiger charge is -2.57. The molecule has 2 fully saturated rings. The van der Waals surface area contributed by atoms with Crippen LogP contribution >= 0.6 is 0 Å². The van der Waals surface area contributed by atoms with Gasteiger partial charge < -0.3 is 14.5 Å². The lowest BCUT2D eigenvalue weighted by Crippen LogP contribution is -2.66. The Balaban J connectivity index is 1.84. The molecule has 1 spiro atoms. The number of hydrogen-bond acceptors (Lipinski definition) is 3. The summed E-state index contributed by atoms with van der Waals surface area (Å²) < 4.78 is 6.41. The van der Waals surface area contributed by atoms with Gasteiger partial charge in [-0.2, -0.15) is 0 Å². The van der Waals surface area contributed by atoms with E-state index in [0.29, 0.717) is 6.04 Å². The zero-order chi connectivity index (χ0) is 18.2. The SMILES string of the molecule is CC[C@]12CCC[N@@+]3(C)CC[C@]4(C(=C(C(=O)OC)C1)Nc1ccccc14)[C@H]23. The molecule has 1 aromatic carbocycles. The predicted molar refractivity (Wildman–Crippen MR) is 102 cm³/mol. The lowest BCUT2D eigenvalue weighted by molar-refractivity contribution is -0.936. The Hall–Kier alpha value is -1.81. The van der Waals surface area contributed by atoms with E-state index < -0.39 is 0 Å². The number of anilines is 1. The van der Waals surface area contributed by atoms with Crippen LogP contribution in [0.3, 0.4) is 0 Å². The molecule has 2 saturated heterocycles. The highest BCUT2D eigenvalue weighted by Crippen LogP contribution is 2.66. The summed E-state index contributed by atoms with van der Waals surface area (Å²) in [6.07, 6.45) is 5.58. The Kier molecular flexibility index (Phi) is 3.23. The Bertz CT molecular complexity index is 831. The van der Waals surface area contributed by atoms with Gasteiger partial charge in [-0.3, -0.25) is 0 Å². The van der Waals surface area contributed by atoms with Crippen LogP contribution in [-0.2, 0) is 14.9 Å².